The summed E-state index contributed by atoms with van der Waals surface area (Å²) < 4.78 is 18.4. The summed E-state index contributed by atoms with van der Waals surface area (Å²) >= 11 is 0. The van der Waals surface area contributed by atoms with Crippen molar-refractivity contribution < 1.29 is 23.6 Å². The van der Waals surface area contributed by atoms with E-state index in [9.17, 15) is 14.0 Å². The van der Waals surface area contributed by atoms with Gasteiger partial charge in [0, 0.05) is 31.5 Å². The normalized spacial score (nSPS) is 10.7. The van der Waals surface area contributed by atoms with Crippen LogP contribution in [-0.4, -0.2) is 45.1 Å². The summed E-state index contributed by atoms with van der Waals surface area (Å²) in [7, 11) is 0. The number of rotatable bonds is 8. The Morgan fingerprint density at radius 2 is 2.08 bits per heavy atom. The van der Waals surface area contributed by atoms with Crippen LogP contribution in [0.2, 0.25) is 0 Å². The molecule has 1 amide bonds. The van der Waals surface area contributed by atoms with E-state index in [1.54, 1.807) is 26.0 Å². The topological polar surface area (TPSA) is 96.5 Å². The van der Waals surface area contributed by atoms with E-state index in [1.165, 1.54) is 11.0 Å². The van der Waals surface area contributed by atoms with Crippen LogP contribution in [0.3, 0.4) is 0 Å². The van der Waals surface area contributed by atoms with Crippen LogP contribution in [0, 0.1) is 12.7 Å². The van der Waals surface area contributed by atoms with Crippen LogP contribution < -0.4 is 0 Å². The number of amides is 1. The Morgan fingerprint density at radius 1 is 1.32 bits per heavy atom. The summed E-state index contributed by atoms with van der Waals surface area (Å²) in [5, 5.41) is 12.5. The third kappa shape index (κ3) is 5.10. The van der Waals surface area contributed by atoms with E-state index < -0.39 is 5.97 Å². The monoisotopic (exact) mass is 349 g/mol. The molecular formula is C17H20FN3O4. The Bertz CT molecular complexity index is 760. The fourth-order valence-corrected chi connectivity index (χ4v) is 2.32. The second-order valence-electron chi connectivity index (χ2n) is 5.59. The molecule has 0 atom stereocenters. The first-order chi connectivity index (χ1) is 11.9. The number of hydrogen-bond acceptors (Lipinski definition) is 5. The van der Waals surface area contributed by atoms with Gasteiger partial charge in [0.15, 0.2) is 0 Å². The first kappa shape index (κ1) is 18.6. The quantitative estimate of drug-likeness (QED) is 0.786. The highest BCUT2D eigenvalue weighted by Gasteiger charge is 2.16. The van der Waals surface area contributed by atoms with Crippen molar-refractivity contribution in [3.05, 3.63) is 35.5 Å². The van der Waals surface area contributed by atoms with Gasteiger partial charge in [-0.25, -0.2) is 4.39 Å². The highest BCUT2D eigenvalue weighted by atomic mass is 19.1. The van der Waals surface area contributed by atoms with Gasteiger partial charge in [0.1, 0.15) is 5.82 Å². The molecule has 1 heterocycles. The zero-order chi connectivity index (χ0) is 18.4. The molecule has 0 radical (unpaired) electrons. The van der Waals surface area contributed by atoms with Crippen molar-refractivity contribution in [2.75, 3.05) is 13.1 Å². The maximum atomic E-state index is 13.3. The third-order valence-electron chi connectivity index (χ3n) is 3.77. The summed E-state index contributed by atoms with van der Waals surface area (Å²) in [6.07, 6.45) is 0.321. The average molecular weight is 349 g/mol. The largest absolute Gasteiger partial charge is 0.481 e. The van der Waals surface area contributed by atoms with Crippen LogP contribution in [0.1, 0.15) is 31.2 Å². The number of halogens is 1. The lowest BCUT2D eigenvalue weighted by Gasteiger charge is -2.19. The minimum absolute atomic E-state index is 0.0891. The smallest absolute Gasteiger partial charge is 0.305 e. The lowest BCUT2D eigenvalue weighted by molar-refractivity contribution is -0.138. The van der Waals surface area contributed by atoms with E-state index in [1.807, 2.05) is 0 Å². The van der Waals surface area contributed by atoms with Crippen molar-refractivity contribution in [2.24, 2.45) is 0 Å². The SMILES string of the molecule is CCN(CCC(=O)O)C(=O)CCc1nc(-c2ccc(F)c(C)c2)no1. The molecule has 8 heteroatoms. The summed E-state index contributed by atoms with van der Waals surface area (Å²) in [4.78, 5) is 28.4. The summed E-state index contributed by atoms with van der Waals surface area (Å²) in [5.41, 5.74) is 1.12. The van der Waals surface area contributed by atoms with Gasteiger partial charge in [0.05, 0.1) is 6.42 Å². The number of carboxylic acid groups (broad SMARTS) is 1. The molecule has 2 aromatic rings. The molecule has 0 bridgehead atoms. The van der Waals surface area contributed by atoms with Crippen LogP contribution in [0.5, 0.6) is 0 Å². The number of aliphatic carboxylic acids is 1. The number of hydrogen-bond donors (Lipinski definition) is 1. The van der Waals surface area contributed by atoms with Gasteiger partial charge in [-0.05, 0) is 37.6 Å². The summed E-state index contributed by atoms with van der Waals surface area (Å²) in [6.45, 7) is 4.06. The molecule has 134 valence electrons. The van der Waals surface area contributed by atoms with Crippen molar-refractivity contribution in [1.82, 2.24) is 15.0 Å². The summed E-state index contributed by atoms with van der Waals surface area (Å²) in [6, 6.07) is 4.53. The minimum atomic E-state index is -0.942. The second kappa shape index (κ2) is 8.36. The molecule has 0 fully saturated rings. The molecule has 7 nitrogen and oxygen atoms in total. The van der Waals surface area contributed by atoms with Crippen molar-refractivity contribution >= 4 is 11.9 Å². The number of carbonyl (C=O) groups is 2. The van der Waals surface area contributed by atoms with Gasteiger partial charge in [-0.15, -0.1) is 0 Å². The van der Waals surface area contributed by atoms with Crippen LogP contribution in [0.4, 0.5) is 4.39 Å². The fraction of sp³-hybridized carbons (Fsp3) is 0.412. The molecule has 2 rings (SSSR count). The van der Waals surface area contributed by atoms with Gasteiger partial charge in [-0.1, -0.05) is 5.16 Å². The Labute approximate surface area is 144 Å². The predicted octanol–water partition coefficient (Wildman–Crippen LogP) is 2.44. The van der Waals surface area contributed by atoms with Crippen molar-refractivity contribution in [3.63, 3.8) is 0 Å². The lowest BCUT2D eigenvalue weighted by Crippen LogP contribution is -2.33. The standard InChI is InChI=1S/C17H20FN3O4/c1-3-21(9-8-16(23)24)15(22)7-6-14-19-17(20-25-14)12-4-5-13(18)11(2)10-12/h4-5,10H,3,6-9H2,1-2H3,(H,23,24). The average Bonchev–Trinajstić information content (AvgIpc) is 3.04. The van der Waals surface area contributed by atoms with E-state index in [4.69, 9.17) is 9.63 Å². The number of aromatic nitrogens is 2. The van der Waals surface area contributed by atoms with E-state index in [2.05, 4.69) is 10.1 Å². The lowest BCUT2D eigenvalue weighted by atomic mass is 10.1. The van der Waals surface area contributed by atoms with Crippen molar-refractivity contribution in [1.29, 1.82) is 0 Å². The summed E-state index contributed by atoms with van der Waals surface area (Å²) in [5.74, 6) is -0.772. The van der Waals surface area contributed by atoms with E-state index in [-0.39, 0.29) is 37.5 Å². The number of carbonyl (C=O) groups excluding carboxylic acids is 1. The molecule has 0 aliphatic rings. The Hall–Kier alpha value is -2.77. The fourth-order valence-electron chi connectivity index (χ4n) is 2.32. The third-order valence-corrected chi connectivity index (χ3v) is 3.77. The van der Waals surface area contributed by atoms with E-state index in [0.29, 0.717) is 29.4 Å². The molecule has 1 aromatic carbocycles. The van der Waals surface area contributed by atoms with Gasteiger partial charge in [0.2, 0.25) is 17.6 Å². The van der Waals surface area contributed by atoms with Crippen molar-refractivity contribution in [3.8, 4) is 11.4 Å². The molecule has 0 saturated carbocycles. The van der Waals surface area contributed by atoms with Crippen LogP contribution in [0.25, 0.3) is 11.4 Å². The van der Waals surface area contributed by atoms with Gasteiger partial charge in [-0.3, -0.25) is 9.59 Å². The van der Waals surface area contributed by atoms with Crippen LogP contribution in [0.15, 0.2) is 22.7 Å². The molecule has 0 aliphatic heterocycles. The van der Waals surface area contributed by atoms with Crippen molar-refractivity contribution in [2.45, 2.75) is 33.1 Å². The molecule has 1 N–H and O–H groups in total. The van der Waals surface area contributed by atoms with Gasteiger partial charge < -0.3 is 14.5 Å². The maximum absolute atomic E-state index is 13.3. The van der Waals surface area contributed by atoms with E-state index in [0.717, 1.165) is 0 Å². The highest BCUT2D eigenvalue weighted by Crippen LogP contribution is 2.19. The molecule has 0 unspecified atom stereocenters. The molecule has 1 aromatic heterocycles. The van der Waals surface area contributed by atoms with Crippen LogP contribution >= 0.6 is 0 Å². The zero-order valence-electron chi connectivity index (χ0n) is 14.2. The second-order valence-corrected chi connectivity index (χ2v) is 5.59. The number of aryl methyl sites for hydroxylation is 2. The number of nitrogens with zero attached hydrogens (tertiary/aromatic N) is 3. The highest BCUT2D eigenvalue weighted by molar-refractivity contribution is 5.77. The molecule has 0 saturated heterocycles. The van der Waals surface area contributed by atoms with Crippen LogP contribution in [-0.2, 0) is 16.0 Å². The number of carboxylic acids is 1. The first-order valence-electron chi connectivity index (χ1n) is 7.99. The Kier molecular flexibility index (Phi) is 6.21. The maximum Gasteiger partial charge on any atom is 0.305 e. The predicted molar refractivity (Wildman–Crippen MR) is 87.3 cm³/mol. The minimum Gasteiger partial charge on any atom is -0.481 e. The van der Waals surface area contributed by atoms with Gasteiger partial charge >= 0.3 is 5.97 Å². The Balaban J connectivity index is 1.95. The molecule has 0 spiro atoms. The first-order valence-corrected chi connectivity index (χ1v) is 7.99. The zero-order valence-corrected chi connectivity index (χ0v) is 14.2. The van der Waals surface area contributed by atoms with Gasteiger partial charge in [-0.2, -0.15) is 4.98 Å². The van der Waals surface area contributed by atoms with Gasteiger partial charge in [0.25, 0.3) is 0 Å². The molecule has 0 aliphatic carbocycles. The Morgan fingerprint density at radius 3 is 2.72 bits per heavy atom. The number of benzene rings is 1. The molecular weight excluding hydrogens is 329 g/mol. The van der Waals surface area contributed by atoms with E-state index >= 15 is 0 Å². The molecule has 25 heavy (non-hydrogen) atoms.